The second kappa shape index (κ2) is 12.1. The third-order valence-corrected chi connectivity index (χ3v) is 5.74. The number of hydrogen-bond donors (Lipinski definition) is 7. The van der Waals surface area contributed by atoms with Crippen molar-refractivity contribution in [2.45, 2.75) is 44.1 Å². The Morgan fingerprint density at radius 1 is 1.14 bits per heavy atom. The van der Waals surface area contributed by atoms with Gasteiger partial charge in [0.2, 0.25) is 12.2 Å². The van der Waals surface area contributed by atoms with E-state index in [-0.39, 0.29) is 17.4 Å². The minimum atomic E-state index is -1.58. The zero-order valence-corrected chi connectivity index (χ0v) is 19.4. The van der Waals surface area contributed by atoms with E-state index in [9.17, 15) is 30.3 Å². The van der Waals surface area contributed by atoms with E-state index in [0.717, 1.165) is 16.7 Å². The molecule has 1 saturated heterocycles. The Hall–Kier alpha value is -2.99. The van der Waals surface area contributed by atoms with Crippen molar-refractivity contribution in [3.05, 3.63) is 64.7 Å². The maximum Gasteiger partial charge on any atom is 0.244 e. The van der Waals surface area contributed by atoms with Crippen molar-refractivity contribution in [1.29, 1.82) is 0 Å². The van der Waals surface area contributed by atoms with Crippen LogP contribution in [-0.4, -0.2) is 81.8 Å². The summed E-state index contributed by atoms with van der Waals surface area (Å²) in [5, 5.41) is 52.5. The number of aliphatic hydroxyl groups is 4. The summed E-state index contributed by atoms with van der Waals surface area (Å²) in [6, 6.07) is 10.4. The first kappa shape index (κ1) is 26.6. The summed E-state index contributed by atoms with van der Waals surface area (Å²) in [7, 11) is 0. The van der Waals surface area contributed by atoms with Crippen LogP contribution in [0.5, 0.6) is 11.5 Å². The normalized spacial score (nSPS) is 24.5. The minimum Gasteiger partial charge on any atom is -0.508 e. The molecule has 1 heterocycles. The van der Waals surface area contributed by atoms with E-state index in [1.54, 1.807) is 19.1 Å². The standard InChI is InChI=1S/C25H32N2O8/c1-14-10-17(29)12-19(34-25-24(33)23(32)22(31)20(13-28)35-25)18(14)11-16-4-2-15(3-5-16)6-7-21(30)27-9-8-26/h2-7,10,12,20,22-25,28-29,31-33H,8-9,11,13,26H2,1H3,(H,27,30)/b7-6+/t20-,22-,23+,24-,25-/m1/s1. The van der Waals surface area contributed by atoms with Crippen molar-refractivity contribution in [3.63, 3.8) is 0 Å². The Kier molecular flexibility index (Phi) is 9.21. The van der Waals surface area contributed by atoms with Gasteiger partial charge in [0.15, 0.2) is 0 Å². The maximum absolute atomic E-state index is 11.7. The van der Waals surface area contributed by atoms with E-state index in [1.165, 1.54) is 12.1 Å². The number of nitrogens with two attached hydrogens (primary N) is 1. The van der Waals surface area contributed by atoms with Crippen molar-refractivity contribution in [3.8, 4) is 11.5 Å². The number of carbonyl (C=O) groups excluding carboxylic acids is 1. The Labute approximate surface area is 203 Å². The third-order valence-electron chi connectivity index (χ3n) is 5.74. The van der Waals surface area contributed by atoms with Gasteiger partial charge in [-0.15, -0.1) is 0 Å². The number of amides is 1. The molecule has 190 valence electrons. The van der Waals surface area contributed by atoms with Gasteiger partial charge in [0.25, 0.3) is 0 Å². The molecule has 1 fully saturated rings. The van der Waals surface area contributed by atoms with Crippen LogP contribution in [0.3, 0.4) is 0 Å². The first-order chi connectivity index (χ1) is 16.7. The number of carbonyl (C=O) groups is 1. The molecular weight excluding hydrogens is 456 g/mol. The highest BCUT2D eigenvalue weighted by Gasteiger charge is 2.44. The summed E-state index contributed by atoms with van der Waals surface area (Å²) in [5.41, 5.74) is 8.55. The topological polar surface area (TPSA) is 175 Å². The monoisotopic (exact) mass is 488 g/mol. The lowest BCUT2D eigenvalue weighted by Crippen LogP contribution is -2.60. The molecule has 1 aliphatic heterocycles. The molecule has 0 spiro atoms. The Morgan fingerprint density at radius 3 is 2.51 bits per heavy atom. The van der Waals surface area contributed by atoms with E-state index < -0.39 is 37.3 Å². The predicted molar refractivity (Wildman–Crippen MR) is 128 cm³/mol. The zero-order chi connectivity index (χ0) is 25.5. The van der Waals surface area contributed by atoms with E-state index in [1.807, 2.05) is 24.3 Å². The Balaban J connectivity index is 1.77. The van der Waals surface area contributed by atoms with Crippen molar-refractivity contribution in [1.82, 2.24) is 5.32 Å². The fourth-order valence-electron chi connectivity index (χ4n) is 3.76. The molecule has 0 unspecified atom stereocenters. The molecular formula is C25H32N2O8. The number of aliphatic hydroxyl groups excluding tert-OH is 4. The minimum absolute atomic E-state index is 0.0563. The molecule has 1 aliphatic rings. The highest BCUT2D eigenvalue weighted by Crippen LogP contribution is 2.33. The molecule has 3 rings (SSSR count). The Morgan fingerprint density at radius 2 is 1.86 bits per heavy atom. The van der Waals surface area contributed by atoms with Crippen LogP contribution < -0.4 is 15.8 Å². The molecule has 0 saturated carbocycles. The number of ether oxygens (including phenoxy) is 2. The molecule has 2 aromatic carbocycles. The molecule has 10 nitrogen and oxygen atoms in total. The highest BCUT2D eigenvalue weighted by molar-refractivity contribution is 5.91. The first-order valence-corrected chi connectivity index (χ1v) is 11.3. The highest BCUT2D eigenvalue weighted by atomic mass is 16.7. The van der Waals surface area contributed by atoms with Crippen LogP contribution >= 0.6 is 0 Å². The number of rotatable bonds is 9. The zero-order valence-electron chi connectivity index (χ0n) is 19.4. The molecule has 1 amide bonds. The smallest absolute Gasteiger partial charge is 0.244 e. The summed E-state index contributed by atoms with van der Waals surface area (Å²) in [4.78, 5) is 11.7. The SMILES string of the molecule is Cc1cc(O)cc(O[C@@H]2O[C@H](CO)[C@@H](O)[C@H](O)[C@H]2O)c1Cc1ccc(/C=C/C(=O)NCCN)cc1. The lowest BCUT2D eigenvalue weighted by molar-refractivity contribution is -0.277. The fourth-order valence-corrected chi connectivity index (χ4v) is 3.76. The van der Waals surface area contributed by atoms with Gasteiger partial charge in [0, 0.05) is 37.2 Å². The number of phenols is 1. The lowest BCUT2D eigenvalue weighted by Gasteiger charge is -2.39. The van der Waals surface area contributed by atoms with Gasteiger partial charge in [-0.25, -0.2) is 0 Å². The van der Waals surface area contributed by atoms with Gasteiger partial charge >= 0.3 is 0 Å². The van der Waals surface area contributed by atoms with Gasteiger partial charge in [0.05, 0.1) is 6.61 Å². The van der Waals surface area contributed by atoms with Gasteiger partial charge in [-0.1, -0.05) is 24.3 Å². The van der Waals surface area contributed by atoms with E-state index >= 15 is 0 Å². The van der Waals surface area contributed by atoms with Crippen LogP contribution in [0.2, 0.25) is 0 Å². The van der Waals surface area contributed by atoms with E-state index in [2.05, 4.69) is 5.32 Å². The van der Waals surface area contributed by atoms with Crippen molar-refractivity contribution >= 4 is 12.0 Å². The van der Waals surface area contributed by atoms with Crippen LogP contribution in [0.25, 0.3) is 6.08 Å². The molecule has 0 aromatic heterocycles. The quantitative estimate of drug-likeness (QED) is 0.231. The van der Waals surface area contributed by atoms with Crippen LogP contribution in [0, 0.1) is 6.92 Å². The summed E-state index contributed by atoms with van der Waals surface area (Å²) < 4.78 is 11.3. The summed E-state index contributed by atoms with van der Waals surface area (Å²) in [6.45, 7) is 1.99. The molecule has 35 heavy (non-hydrogen) atoms. The molecule has 8 N–H and O–H groups in total. The number of nitrogens with one attached hydrogen (secondary N) is 1. The van der Waals surface area contributed by atoms with E-state index in [0.29, 0.717) is 25.1 Å². The maximum atomic E-state index is 11.7. The largest absolute Gasteiger partial charge is 0.508 e. The molecule has 0 bridgehead atoms. The fraction of sp³-hybridized carbons (Fsp3) is 0.400. The average Bonchev–Trinajstić information content (AvgIpc) is 2.84. The third kappa shape index (κ3) is 6.79. The van der Waals surface area contributed by atoms with Crippen molar-refractivity contribution in [2.24, 2.45) is 5.73 Å². The Bertz CT molecular complexity index is 1020. The predicted octanol–water partition coefficient (Wildman–Crippen LogP) is -0.442. The van der Waals surface area contributed by atoms with Gasteiger partial charge < -0.3 is 46.1 Å². The number of hydrogen-bond acceptors (Lipinski definition) is 9. The van der Waals surface area contributed by atoms with Crippen LogP contribution in [-0.2, 0) is 16.0 Å². The number of aryl methyl sites for hydroxylation is 1. The van der Waals surface area contributed by atoms with Crippen LogP contribution in [0.1, 0.15) is 22.3 Å². The second-order valence-electron chi connectivity index (χ2n) is 8.39. The molecule has 2 aromatic rings. The molecule has 0 radical (unpaired) electrons. The van der Waals surface area contributed by atoms with Gasteiger partial charge in [-0.3, -0.25) is 4.79 Å². The number of benzene rings is 2. The first-order valence-electron chi connectivity index (χ1n) is 11.3. The summed E-state index contributed by atoms with van der Waals surface area (Å²) >= 11 is 0. The molecule has 0 aliphatic carbocycles. The summed E-state index contributed by atoms with van der Waals surface area (Å²) in [5.74, 6) is -0.0548. The van der Waals surface area contributed by atoms with Crippen LogP contribution in [0.4, 0.5) is 0 Å². The summed E-state index contributed by atoms with van der Waals surface area (Å²) in [6.07, 6.45) is -3.60. The van der Waals surface area contributed by atoms with Crippen LogP contribution in [0.15, 0.2) is 42.5 Å². The van der Waals surface area contributed by atoms with Crippen molar-refractivity contribution < 1.29 is 39.8 Å². The van der Waals surface area contributed by atoms with Gasteiger partial charge in [-0.2, -0.15) is 0 Å². The van der Waals surface area contributed by atoms with Gasteiger partial charge in [-0.05, 0) is 35.8 Å². The molecule has 10 heteroatoms. The number of aromatic hydroxyl groups is 1. The lowest BCUT2D eigenvalue weighted by atomic mass is 9.97. The van der Waals surface area contributed by atoms with E-state index in [4.69, 9.17) is 15.2 Å². The number of phenolic OH excluding ortho intramolecular Hbond substituents is 1. The average molecular weight is 489 g/mol. The second-order valence-corrected chi connectivity index (χ2v) is 8.39. The van der Waals surface area contributed by atoms with Gasteiger partial charge in [0.1, 0.15) is 35.9 Å². The van der Waals surface area contributed by atoms with Crippen molar-refractivity contribution in [2.75, 3.05) is 19.7 Å². The molecule has 5 atom stereocenters.